The lowest BCUT2D eigenvalue weighted by Gasteiger charge is -2.39. The van der Waals surface area contributed by atoms with Gasteiger partial charge < -0.3 is 4.90 Å². The van der Waals surface area contributed by atoms with Crippen LogP contribution in [0.3, 0.4) is 0 Å². The smallest absolute Gasteiger partial charge is 0.266 e. The van der Waals surface area contributed by atoms with Gasteiger partial charge in [-0.3, -0.25) is 14.2 Å². The van der Waals surface area contributed by atoms with E-state index in [1.54, 1.807) is 27.7 Å². The number of likely N-dealkylation sites (tertiary alicyclic amines) is 1. The number of nitrogens with zero attached hydrogens (tertiary/aromatic N) is 5. The molecule has 140 valence electrons. The van der Waals surface area contributed by atoms with Gasteiger partial charge in [-0.1, -0.05) is 20.8 Å². The topological polar surface area (TPSA) is 73.0 Å². The summed E-state index contributed by atoms with van der Waals surface area (Å²) >= 11 is 0. The Kier molecular flexibility index (Phi) is 5.09. The second-order valence-corrected chi connectivity index (χ2v) is 8.18. The van der Waals surface area contributed by atoms with E-state index in [1.165, 1.54) is 0 Å². The van der Waals surface area contributed by atoms with E-state index in [0.29, 0.717) is 19.0 Å². The number of aromatic nitrogens is 4. The van der Waals surface area contributed by atoms with Crippen molar-refractivity contribution < 1.29 is 0 Å². The van der Waals surface area contributed by atoms with Gasteiger partial charge in [-0.2, -0.15) is 5.10 Å². The van der Waals surface area contributed by atoms with E-state index < -0.39 is 0 Å². The van der Waals surface area contributed by atoms with Crippen LogP contribution in [-0.2, 0) is 18.5 Å². The van der Waals surface area contributed by atoms with E-state index in [-0.39, 0.29) is 16.5 Å². The Bertz CT molecular complexity index is 888. The van der Waals surface area contributed by atoms with Gasteiger partial charge in [0.15, 0.2) is 0 Å². The van der Waals surface area contributed by atoms with Crippen LogP contribution in [0.15, 0.2) is 34.1 Å². The van der Waals surface area contributed by atoms with Crippen LogP contribution >= 0.6 is 0 Å². The van der Waals surface area contributed by atoms with Crippen LogP contribution in [0.4, 0.5) is 0 Å². The monoisotopic (exact) mass is 357 g/mol. The van der Waals surface area contributed by atoms with Crippen LogP contribution in [0.2, 0.25) is 0 Å². The molecule has 2 aromatic heterocycles. The fraction of sp³-hybridized carbons (Fsp3) is 0.579. The van der Waals surface area contributed by atoms with E-state index in [2.05, 4.69) is 35.8 Å². The van der Waals surface area contributed by atoms with E-state index in [1.807, 2.05) is 13.0 Å². The maximum absolute atomic E-state index is 12.1. The first kappa shape index (κ1) is 18.5. The minimum Gasteiger partial charge on any atom is -0.301 e. The molecule has 1 aliphatic heterocycles. The molecule has 1 aliphatic rings. The van der Waals surface area contributed by atoms with Crippen molar-refractivity contribution >= 4 is 0 Å². The molecule has 0 aliphatic carbocycles. The first-order valence-corrected chi connectivity index (χ1v) is 9.06. The molecule has 7 heteroatoms. The van der Waals surface area contributed by atoms with Crippen molar-refractivity contribution in [2.24, 2.45) is 5.92 Å². The molecule has 0 amide bonds. The van der Waals surface area contributed by atoms with Crippen molar-refractivity contribution in [3.05, 3.63) is 56.6 Å². The molecule has 3 rings (SSSR count). The molecule has 1 saturated heterocycles. The third kappa shape index (κ3) is 4.27. The molecule has 0 N–H and O–H groups in total. The van der Waals surface area contributed by atoms with Gasteiger partial charge >= 0.3 is 0 Å². The van der Waals surface area contributed by atoms with Gasteiger partial charge in [-0.25, -0.2) is 9.67 Å². The van der Waals surface area contributed by atoms with Crippen LogP contribution in [-0.4, -0.2) is 43.9 Å². The Hall–Kier alpha value is -2.28. The molecule has 3 heterocycles. The molecular formula is C19H27N5O2. The zero-order valence-corrected chi connectivity index (χ0v) is 16.0. The number of hydrogen-bond acceptors (Lipinski definition) is 5. The maximum Gasteiger partial charge on any atom is 0.266 e. The second kappa shape index (κ2) is 7.15. The summed E-state index contributed by atoms with van der Waals surface area (Å²) in [6.45, 7) is 12.0. The Morgan fingerprint density at radius 1 is 1.12 bits per heavy atom. The predicted octanol–water partition coefficient (Wildman–Crippen LogP) is 1.04. The minimum absolute atomic E-state index is 0.00989. The third-order valence-electron chi connectivity index (χ3n) is 4.77. The van der Waals surface area contributed by atoms with E-state index >= 15 is 0 Å². The largest absolute Gasteiger partial charge is 0.301 e. The molecule has 1 fully saturated rings. The predicted molar refractivity (Wildman–Crippen MR) is 100 cm³/mol. The molecule has 0 spiro atoms. The molecule has 0 saturated carbocycles. The zero-order chi connectivity index (χ0) is 18.9. The molecule has 0 bridgehead atoms. The van der Waals surface area contributed by atoms with Gasteiger partial charge in [0, 0.05) is 55.3 Å². The Morgan fingerprint density at radius 3 is 2.50 bits per heavy atom. The van der Waals surface area contributed by atoms with Gasteiger partial charge in [0.25, 0.3) is 11.1 Å². The molecule has 26 heavy (non-hydrogen) atoms. The molecule has 0 radical (unpaired) electrons. The van der Waals surface area contributed by atoms with E-state index in [9.17, 15) is 9.59 Å². The van der Waals surface area contributed by atoms with Crippen LogP contribution in [0.25, 0.3) is 0 Å². The Balaban J connectivity index is 1.53. The quantitative estimate of drug-likeness (QED) is 0.799. The van der Waals surface area contributed by atoms with Gasteiger partial charge in [0.2, 0.25) is 0 Å². The van der Waals surface area contributed by atoms with Crippen LogP contribution < -0.4 is 11.1 Å². The lowest BCUT2D eigenvalue weighted by atomic mass is 9.92. The normalized spacial score (nSPS) is 15.8. The molecule has 7 nitrogen and oxygen atoms in total. The standard InChI is InChI=1S/C19H27N5O2/c1-14-9-18(26)23(13-20-14)8-7-22-10-15(11-22)12-24-17(25)6-5-16(21-24)19(2,3)4/h5-6,9,13,15H,7-8,10-12H2,1-4H3. The summed E-state index contributed by atoms with van der Waals surface area (Å²) in [5.41, 5.74) is 1.54. The minimum atomic E-state index is -0.0730. The van der Waals surface area contributed by atoms with Crippen molar-refractivity contribution in [1.29, 1.82) is 0 Å². The highest BCUT2D eigenvalue weighted by Gasteiger charge is 2.27. The van der Waals surface area contributed by atoms with Crippen molar-refractivity contribution in [3.63, 3.8) is 0 Å². The van der Waals surface area contributed by atoms with Crippen molar-refractivity contribution in [2.45, 2.75) is 46.2 Å². The van der Waals surface area contributed by atoms with Crippen LogP contribution in [0, 0.1) is 12.8 Å². The Morgan fingerprint density at radius 2 is 1.85 bits per heavy atom. The summed E-state index contributed by atoms with van der Waals surface area (Å²) in [6.07, 6.45) is 1.61. The fourth-order valence-electron chi connectivity index (χ4n) is 3.13. The van der Waals surface area contributed by atoms with E-state index in [4.69, 9.17) is 0 Å². The summed E-state index contributed by atoms with van der Waals surface area (Å²) in [7, 11) is 0. The molecule has 0 atom stereocenters. The average molecular weight is 357 g/mol. The first-order chi connectivity index (χ1) is 12.2. The van der Waals surface area contributed by atoms with Crippen molar-refractivity contribution in [2.75, 3.05) is 19.6 Å². The summed E-state index contributed by atoms with van der Waals surface area (Å²) in [5, 5.41) is 4.54. The molecular weight excluding hydrogens is 330 g/mol. The van der Waals surface area contributed by atoms with Crippen LogP contribution in [0.5, 0.6) is 0 Å². The fourth-order valence-corrected chi connectivity index (χ4v) is 3.13. The zero-order valence-electron chi connectivity index (χ0n) is 16.0. The Labute approximate surface area is 153 Å². The summed E-state index contributed by atoms with van der Waals surface area (Å²) in [6, 6.07) is 4.99. The SMILES string of the molecule is Cc1cc(=O)n(CCN2CC(Cn3nc(C(C)(C)C)ccc3=O)C2)cn1. The van der Waals surface area contributed by atoms with Gasteiger partial charge in [-0.15, -0.1) is 0 Å². The summed E-state index contributed by atoms with van der Waals surface area (Å²) in [5.74, 6) is 0.420. The molecule has 0 unspecified atom stereocenters. The highest BCUT2D eigenvalue weighted by atomic mass is 16.1. The average Bonchev–Trinajstić information content (AvgIpc) is 2.51. The second-order valence-electron chi connectivity index (χ2n) is 8.18. The summed E-state index contributed by atoms with van der Waals surface area (Å²) < 4.78 is 3.23. The van der Waals surface area contributed by atoms with Gasteiger partial charge in [0.1, 0.15) is 0 Å². The lowest BCUT2D eigenvalue weighted by molar-refractivity contribution is 0.0798. The van der Waals surface area contributed by atoms with Crippen molar-refractivity contribution in [3.8, 4) is 0 Å². The summed E-state index contributed by atoms with van der Waals surface area (Å²) in [4.78, 5) is 30.4. The van der Waals surface area contributed by atoms with E-state index in [0.717, 1.165) is 31.0 Å². The van der Waals surface area contributed by atoms with Gasteiger partial charge in [0.05, 0.1) is 18.6 Å². The highest BCUT2D eigenvalue weighted by Crippen LogP contribution is 2.19. The first-order valence-electron chi connectivity index (χ1n) is 9.06. The lowest BCUT2D eigenvalue weighted by Crippen LogP contribution is -2.50. The molecule has 0 aromatic carbocycles. The number of hydrogen-bond donors (Lipinski definition) is 0. The molecule has 2 aromatic rings. The number of rotatable bonds is 5. The van der Waals surface area contributed by atoms with Gasteiger partial charge in [-0.05, 0) is 13.0 Å². The van der Waals surface area contributed by atoms with Crippen LogP contribution in [0.1, 0.15) is 32.2 Å². The highest BCUT2D eigenvalue weighted by molar-refractivity contribution is 5.10. The third-order valence-corrected chi connectivity index (χ3v) is 4.77. The number of aryl methyl sites for hydroxylation is 1. The van der Waals surface area contributed by atoms with Crippen molar-refractivity contribution in [1.82, 2.24) is 24.2 Å². The maximum atomic E-state index is 12.1.